The molecule has 0 saturated carbocycles. The summed E-state index contributed by atoms with van der Waals surface area (Å²) in [5.41, 5.74) is 4.28. The number of pyridine rings is 1. The third kappa shape index (κ3) is 4.58. The smallest absolute Gasteiger partial charge is 0.274 e. The molecule has 1 unspecified atom stereocenters. The molecule has 1 fully saturated rings. The second-order valence-corrected chi connectivity index (χ2v) is 8.10. The average molecular weight is 394 g/mol. The van der Waals surface area contributed by atoms with Crippen LogP contribution in [0.1, 0.15) is 53.0 Å². The van der Waals surface area contributed by atoms with Crippen molar-refractivity contribution in [1.29, 1.82) is 0 Å². The Hall–Kier alpha value is -2.47. The van der Waals surface area contributed by atoms with Gasteiger partial charge >= 0.3 is 0 Å². The van der Waals surface area contributed by atoms with Gasteiger partial charge in [-0.15, -0.1) is 6.58 Å². The highest BCUT2D eigenvalue weighted by atomic mass is 16.2. The SMILES string of the molecule is C=CCn1nc(C(=O)N2CCCCC2)c2c1CCC(NCCc1cccnc1)C2. The largest absolute Gasteiger partial charge is 0.337 e. The van der Waals surface area contributed by atoms with Gasteiger partial charge in [0.15, 0.2) is 5.69 Å². The first-order valence-corrected chi connectivity index (χ1v) is 10.9. The van der Waals surface area contributed by atoms with Gasteiger partial charge in [0, 0.05) is 42.8 Å². The van der Waals surface area contributed by atoms with E-state index in [2.05, 4.69) is 22.9 Å². The van der Waals surface area contributed by atoms with Crippen molar-refractivity contribution in [2.75, 3.05) is 19.6 Å². The number of piperidine rings is 1. The summed E-state index contributed by atoms with van der Waals surface area (Å²) in [6, 6.07) is 4.48. The van der Waals surface area contributed by atoms with Crippen molar-refractivity contribution < 1.29 is 4.79 Å². The number of hydrogen-bond donors (Lipinski definition) is 1. The molecule has 1 N–H and O–H groups in total. The Morgan fingerprint density at radius 2 is 2.17 bits per heavy atom. The van der Waals surface area contributed by atoms with Crippen molar-refractivity contribution >= 4 is 5.91 Å². The molecular formula is C23H31N5O. The summed E-state index contributed by atoms with van der Waals surface area (Å²) in [6.45, 7) is 7.15. The van der Waals surface area contributed by atoms with E-state index < -0.39 is 0 Å². The van der Waals surface area contributed by atoms with Crippen LogP contribution >= 0.6 is 0 Å². The molecule has 0 aromatic carbocycles. The number of amides is 1. The van der Waals surface area contributed by atoms with Gasteiger partial charge < -0.3 is 10.2 Å². The van der Waals surface area contributed by atoms with Crippen LogP contribution in [0.15, 0.2) is 37.2 Å². The summed E-state index contributed by atoms with van der Waals surface area (Å²) >= 11 is 0. The van der Waals surface area contributed by atoms with Gasteiger partial charge in [0.05, 0.1) is 6.54 Å². The third-order valence-corrected chi connectivity index (χ3v) is 6.06. The summed E-state index contributed by atoms with van der Waals surface area (Å²) < 4.78 is 1.99. The minimum Gasteiger partial charge on any atom is -0.337 e. The Bertz CT molecular complexity index is 838. The van der Waals surface area contributed by atoms with Crippen LogP contribution in [0.25, 0.3) is 0 Å². The first-order chi connectivity index (χ1) is 14.3. The molecule has 6 heteroatoms. The highest BCUT2D eigenvalue weighted by Gasteiger charge is 2.31. The fourth-order valence-electron chi connectivity index (χ4n) is 4.52. The molecule has 2 aliphatic rings. The molecule has 2 aromatic heterocycles. The molecule has 1 saturated heterocycles. The van der Waals surface area contributed by atoms with E-state index in [1.54, 1.807) is 6.20 Å². The summed E-state index contributed by atoms with van der Waals surface area (Å²) in [5.74, 6) is 0.111. The van der Waals surface area contributed by atoms with Gasteiger partial charge in [0.1, 0.15) is 0 Å². The Labute approximate surface area is 173 Å². The van der Waals surface area contributed by atoms with Crippen molar-refractivity contribution in [1.82, 2.24) is 25.0 Å². The number of carbonyl (C=O) groups is 1. The molecule has 1 atom stereocenters. The van der Waals surface area contributed by atoms with Crippen molar-refractivity contribution in [3.8, 4) is 0 Å². The Morgan fingerprint density at radius 3 is 2.93 bits per heavy atom. The maximum atomic E-state index is 13.2. The van der Waals surface area contributed by atoms with Crippen LogP contribution in [0.4, 0.5) is 0 Å². The molecule has 6 nitrogen and oxygen atoms in total. The molecule has 4 rings (SSSR count). The molecule has 1 aliphatic carbocycles. The predicted octanol–water partition coefficient (Wildman–Crippen LogP) is 2.78. The third-order valence-electron chi connectivity index (χ3n) is 6.06. The molecule has 0 radical (unpaired) electrons. The minimum absolute atomic E-state index is 0.111. The first-order valence-electron chi connectivity index (χ1n) is 10.9. The van der Waals surface area contributed by atoms with Gasteiger partial charge in [0.25, 0.3) is 5.91 Å². The van der Waals surface area contributed by atoms with Crippen LogP contribution in [0, 0.1) is 0 Å². The maximum Gasteiger partial charge on any atom is 0.274 e. The Kier molecular flexibility index (Phi) is 6.39. The summed E-state index contributed by atoms with van der Waals surface area (Å²) in [5, 5.41) is 8.43. The highest BCUT2D eigenvalue weighted by Crippen LogP contribution is 2.27. The second kappa shape index (κ2) is 9.35. The fraction of sp³-hybridized carbons (Fsp3) is 0.522. The van der Waals surface area contributed by atoms with Crippen molar-refractivity contribution in [3.63, 3.8) is 0 Å². The van der Waals surface area contributed by atoms with Crippen LogP contribution in [0.5, 0.6) is 0 Å². The lowest BCUT2D eigenvalue weighted by molar-refractivity contribution is 0.0716. The lowest BCUT2D eigenvalue weighted by Crippen LogP contribution is -2.38. The zero-order valence-electron chi connectivity index (χ0n) is 17.1. The van der Waals surface area contributed by atoms with Crippen LogP contribution < -0.4 is 5.32 Å². The van der Waals surface area contributed by atoms with Crippen LogP contribution in [-0.4, -0.2) is 51.2 Å². The van der Waals surface area contributed by atoms with E-state index in [0.717, 1.165) is 63.7 Å². The standard InChI is InChI=1S/C23H31N5O/c1-2-13-28-21-9-8-19(25-12-10-18-7-6-11-24-17-18)16-20(21)22(26-28)23(29)27-14-4-3-5-15-27/h2,6-7,11,17,19,25H,1,3-5,8-10,12-16H2. The zero-order valence-corrected chi connectivity index (χ0v) is 17.1. The molecule has 29 heavy (non-hydrogen) atoms. The molecule has 3 heterocycles. The normalized spacial score (nSPS) is 19.0. The Morgan fingerprint density at radius 1 is 1.31 bits per heavy atom. The maximum absolute atomic E-state index is 13.2. The molecular weight excluding hydrogens is 362 g/mol. The lowest BCUT2D eigenvalue weighted by atomic mass is 9.90. The Balaban J connectivity index is 1.46. The molecule has 1 aliphatic heterocycles. The highest BCUT2D eigenvalue weighted by molar-refractivity contribution is 5.94. The average Bonchev–Trinajstić information content (AvgIpc) is 3.13. The number of allylic oxidation sites excluding steroid dienone is 1. The number of nitrogens with zero attached hydrogens (tertiary/aromatic N) is 4. The van der Waals surface area contributed by atoms with Gasteiger partial charge in [0.2, 0.25) is 0 Å². The molecule has 0 spiro atoms. The van der Waals surface area contributed by atoms with Gasteiger partial charge in [-0.25, -0.2) is 0 Å². The van der Waals surface area contributed by atoms with Gasteiger partial charge in [-0.2, -0.15) is 5.10 Å². The quantitative estimate of drug-likeness (QED) is 0.735. The first kappa shape index (κ1) is 19.8. The number of rotatable bonds is 7. The molecule has 1 amide bonds. The van der Waals surface area contributed by atoms with E-state index in [1.807, 2.05) is 27.9 Å². The number of carbonyl (C=O) groups excluding carboxylic acids is 1. The van der Waals surface area contributed by atoms with Crippen molar-refractivity contribution in [2.24, 2.45) is 0 Å². The molecule has 2 aromatic rings. The summed E-state index contributed by atoms with van der Waals surface area (Å²) in [7, 11) is 0. The van der Waals surface area contributed by atoms with Crippen molar-refractivity contribution in [3.05, 3.63) is 59.7 Å². The fourth-order valence-corrected chi connectivity index (χ4v) is 4.52. The number of nitrogens with one attached hydrogen (secondary N) is 1. The van der Waals surface area contributed by atoms with E-state index in [-0.39, 0.29) is 5.91 Å². The van der Waals surface area contributed by atoms with Crippen LogP contribution in [0.2, 0.25) is 0 Å². The van der Waals surface area contributed by atoms with Crippen LogP contribution in [0.3, 0.4) is 0 Å². The van der Waals surface area contributed by atoms with E-state index in [9.17, 15) is 4.79 Å². The van der Waals surface area contributed by atoms with E-state index >= 15 is 0 Å². The molecule has 154 valence electrons. The minimum atomic E-state index is 0.111. The summed E-state index contributed by atoms with van der Waals surface area (Å²) in [6.07, 6.45) is 12.9. The van der Waals surface area contributed by atoms with E-state index in [0.29, 0.717) is 18.3 Å². The lowest BCUT2D eigenvalue weighted by Gasteiger charge is -2.27. The predicted molar refractivity (Wildman–Crippen MR) is 114 cm³/mol. The van der Waals surface area contributed by atoms with Gasteiger partial charge in [-0.05, 0) is 63.1 Å². The van der Waals surface area contributed by atoms with E-state index in [1.165, 1.54) is 17.7 Å². The van der Waals surface area contributed by atoms with E-state index in [4.69, 9.17) is 5.10 Å². The number of hydrogen-bond acceptors (Lipinski definition) is 4. The topological polar surface area (TPSA) is 63.1 Å². The zero-order chi connectivity index (χ0) is 20.1. The monoisotopic (exact) mass is 393 g/mol. The number of aromatic nitrogens is 3. The van der Waals surface area contributed by atoms with Gasteiger partial charge in [-0.1, -0.05) is 12.1 Å². The molecule has 0 bridgehead atoms. The van der Waals surface area contributed by atoms with Crippen LogP contribution in [-0.2, 0) is 25.8 Å². The second-order valence-electron chi connectivity index (χ2n) is 8.10. The van der Waals surface area contributed by atoms with Gasteiger partial charge in [-0.3, -0.25) is 14.5 Å². The number of fused-ring (bicyclic) bond motifs is 1. The van der Waals surface area contributed by atoms with Crippen molar-refractivity contribution in [2.45, 2.75) is 57.5 Å². The number of likely N-dealkylation sites (tertiary alicyclic amines) is 1. The summed E-state index contributed by atoms with van der Waals surface area (Å²) in [4.78, 5) is 19.4.